The van der Waals surface area contributed by atoms with Gasteiger partial charge in [0.2, 0.25) is 5.91 Å². The summed E-state index contributed by atoms with van der Waals surface area (Å²) < 4.78 is 13.6. The van der Waals surface area contributed by atoms with E-state index in [1.807, 2.05) is 0 Å². The molecule has 0 atom stereocenters. The van der Waals surface area contributed by atoms with E-state index in [1.54, 1.807) is 59.5 Å². The van der Waals surface area contributed by atoms with Crippen molar-refractivity contribution in [3.8, 4) is 0 Å². The molecule has 2 N–H and O–H groups in total. The van der Waals surface area contributed by atoms with E-state index < -0.39 is 0 Å². The van der Waals surface area contributed by atoms with Crippen molar-refractivity contribution in [2.75, 3.05) is 25.0 Å². The lowest BCUT2D eigenvalue weighted by Gasteiger charge is -2.19. The van der Waals surface area contributed by atoms with Crippen LogP contribution >= 0.6 is 0 Å². The summed E-state index contributed by atoms with van der Waals surface area (Å²) in [4.78, 5) is 26.0. The number of carbonyl (C=O) groups excluding carboxylic acids is 2. The number of rotatable bonds is 10. The summed E-state index contributed by atoms with van der Waals surface area (Å²) in [6.45, 7) is 8.43. The van der Waals surface area contributed by atoms with E-state index >= 15 is 0 Å². The minimum absolute atomic E-state index is 0.0773. The van der Waals surface area contributed by atoms with Gasteiger partial charge in [-0.15, -0.1) is 13.2 Å². The summed E-state index contributed by atoms with van der Waals surface area (Å²) in [5.41, 5.74) is 1.60. The monoisotopic (exact) mass is 381 g/mol. The first-order valence-corrected chi connectivity index (χ1v) is 8.90. The average Bonchev–Trinajstić information content (AvgIpc) is 2.71. The summed E-state index contributed by atoms with van der Waals surface area (Å²) in [5.74, 6) is -0.727. The zero-order valence-electron chi connectivity index (χ0n) is 15.7. The van der Waals surface area contributed by atoms with Crippen LogP contribution in [0.15, 0.2) is 73.8 Å². The first kappa shape index (κ1) is 20.9. The van der Waals surface area contributed by atoms with Gasteiger partial charge in [0.1, 0.15) is 5.82 Å². The van der Waals surface area contributed by atoms with E-state index in [2.05, 4.69) is 23.8 Å². The highest BCUT2D eigenvalue weighted by Gasteiger charge is 2.11. The van der Waals surface area contributed by atoms with Crippen LogP contribution in [0.4, 0.5) is 10.1 Å². The maximum atomic E-state index is 13.6. The molecule has 2 amide bonds. The number of halogens is 1. The molecule has 0 aliphatic carbocycles. The molecule has 2 rings (SSSR count). The van der Waals surface area contributed by atoms with E-state index in [1.165, 1.54) is 6.07 Å². The minimum Gasteiger partial charge on any atom is -0.376 e. The smallest absolute Gasteiger partial charge is 0.251 e. The molecule has 28 heavy (non-hydrogen) atoms. The second-order valence-corrected chi connectivity index (χ2v) is 6.08. The molecule has 0 aromatic heterocycles. The molecule has 146 valence electrons. The highest BCUT2D eigenvalue weighted by Crippen LogP contribution is 2.11. The summed E-state index contributed by atoms with van der Waals surface area (Å²) >= 11 is 0. The van der Waals surface area contributed by atoms with Gasteiger partial charge in [0.25, 0.3) is 5.91 Å². The molecular formula is C22H24FN3O2. The maximum absolute atomic E-state index is 13.6. The molecule has 0 bridgehead atoms. The Labute approximate surface area is 164 Å². The molecule has 0 fully saturated rings. The van der Waals surface area contributed by atoms with Gasteiger partial charge in [-0.3, -0.25) is 9.59 Å². The van der Waals surface area contributed by atoms with Crippen LogP contribution in [0.1, 0.15) is 15.9 Å². The van der Waals surface area contributed by atoms with Crippen molar-refractivity contribution in [3.63, 3.8) is 0 Å². The second-order valence-electron chi connectivity index (χ2n) is 6.08. The van der Waals surface area contributed by atoms with Crippen LogP contribution in [-0.4, -0.2) is 36.3 Å². The molecule has 2 aromatic rings. The van der Waals surface area contributed by atoms with Gasteiger partial charge in [-0.25, -0.2) is 4.39 Å². The Balaban J connectivity index is 1.87. The Morgan fingerprint density at radius 3 is 2.25 bits per heavy atom. The first-order valence-electron chi connectivity index (χ1n) is 8.90. The van der Waals surface area contributed by atoms with Gasteiger partial charge < -0.3 is 15.5 Å². The largest absolute Gasteiger partial charge is 0.376 e. The number of anilines is 1. The Kier molecular flexibility index (Phi) is 7.96. The number of amides is 2. The molecule has 2 aromatic carbocycles. The summed E-state index contributed by atoms with van der Waals surface area (Å²) in [6, 6.07) is 13.0. The average molecular weight is 381 g/mol. The van der Waals surface area contributed by atoms with E-state index in [9.17, 15) is 14.0 Å². The van der Waals surface area contributed by atoms with Crippen molar-refractivity contribution in [2.45, 2.75) is 6.54 Å². The fourth-order valence-corrected chi connectivity index (χ4v) is 2.54. The molecule has 0 aliphatic heterocycles. The third-order valence-electron chi connectivity index (χ3n) is 4.04. The summed E-state index contributed by atoms with van der Waals surface area (Å²) in [5, 5.41) is 5.72. The lowest BCUT2D eigenvalue weighted by Crippen LogP contribution is -2.35. The van der Waals surface area contributed by atoms with Gasteiger partial charge in [0.15, 0.2) is 0 Å². The van der Waals surface area contributed by atoms with Gasteiger partial charge in [0, 0.05) is 36.4 Å². The lowest BCUT2D eigenvalue weighted by molar-refractivity contribution is -0.128. The van der Waals surface area contributed by atoms with Gasteiger partial charge in [-0.2, -0.15) is 0 Å². The number of hydrogen-bond donors (Lipinski definition) is 2. The zero-order chi connectivity index (χ0) is 20.4. The highest BCUT2D eigenvalue weighted by molar-refractivity contribution is 5.94. The Morgan fingerprint density at radius 1 is 1.00 bits per heavy atom. The Morgan fingerprint density at radius 2 is 1.64 bits per heavy atom. The SMILES string of the molecule is C=CCN(CC=C)C(=O)CNc1ccc(C(=O)NCc2ccccc2F)cc1. The van der Waals surface area contributed by atoms with Crippen molar-refractivity contribution in [1.29, 1.82) is 0 Å². The molecule has 0 saturated carbocycles. The van der Waals surface area contributed by atoms with Gasteiger partial charge in [-0.1, -0.05) is 30.4 Å². The predicted molar refractivity (Wildman–Crippen MR) is 109 cm³/mol. The third-order valence-corrected chi connectivity index (χ3v) is 4.04. The van der Waals surface area contributed by atoms with Crippen LogP contribution in [0, 0.1) is 5.82 Å². The Hall–Kier alpha value is -3.41. The van der Waals surface area contributed by atoms with Crippen LogP contribution in [-0.2, 0) is 11.3 Å². The summed E-state index contributed by atoms with van der Waals surface area (Å²) in [6.07, 6.45) is 3.33. The fraction of sp³-hybridized carbons (Fsp3) is 0.182. The van der Waals surface area contributed by atoms with Crippen molar-refractivity contribution in [1.82, 2.24) is 10.2 Å². The molecular weight excluding hydrogens is 357 g/mol. The van der Waals surface area contributed by atoms with Crippen LogP contribution in [0.5, 0.6) is 0 Å². The number of nitrogens with zero attached hydrogens (tertiary/aromatic N) is 1. The second kappa shape index (κ2) is 10.7. The minimum atomic E-state index is -0.353. The first-order chi connectivity index (χ1) is 13.5. The molecule has 0 heterocycles. The lowest BCUT2D eigenvalue weighted by atomic mass is 10.1. The van der Waals surface area contributed by atoms with Crippen molar-refractivity contribution >= 4 is 17.5 Å². The standard InChI is InChI=1S/C22H24FN3O2/c1-3-13-26(14-4-2)21(27)16-24-19-11-9-17(10-12-19)22(28)25-15-18-7-5-6-8-20(18)23/h3-12,24H,1-2,13-16H2,(H,25,28). The number of benzene rings is 2. The third kappa shape index (κ3) is 6.09. The molecule has 5 nitrogen and oxygen atoms in total. The predicted octanol–water partition coefficient (Wildman–Crippen LogP) is 3.37. The quantitative estimate of drug-likeness (QED) is 0.621. The van der Waals surface area contributed by atoms with Crippen molar-refractivity contribution in [2.24, 2.45) is 0 Å². The van der Waals surface area contributed by atoms with Crippen LogP contribution in [0.25, 0.3) is 0 Å². The van der Waals surface area contributed by atoms with Crippen molar-refractivity contribution in [3.05, 3.63) is 90.8 Å². The van der Waals surface area contributed by atoms with Crippen molar-refractivity contribution < 1.29 is 14.0 Å². The number of carbonyl (C=O) groups is 2. The molecule has 0 aliphatic rings. The number of nitrogens with one attached hydrogen (secondary N) is 2. The molecule has 6 heteroatoms. The molecule has 0 unspecified atom stereocenters. The van der Waals surface area contributed by atoms with E-state index in [4.69, 9.17) is 0 Å². The topological polar surface area (TPSA) is 61.4 Å². The van der Waals surface area contributed by atoms with E-state index in [0.717, 1.165) is 5.69 Å². The number of hydrogen-bond acceptors (Lipinski definition) is 3. The van der Waals surface area contributed by atoms with Crippen LogP contribution in [0.3, 0.4) is 0 Å². The maximum Gasteiger partial charge on any atom is 0.251 e. The van der Waals surface area contributed by atoms with Gasteiger partial charge >= 0.3 is 0 Å². The van der Waals surface area contributed by atoms with E-state index in [-0.39, 0.29) is 30.7 Å². The molecule has 0 saturated heterocycles. The molecule has 0 radical (unpaired) electrons. The fourth-order valence-electron chi connectivity index (χ4n) is 2.54. The zero-order valence-corrected chi connectivity index (χ0v) is 15.7. The van der Waals surface area contributed by atoms with Crippen LogP contribution in [0.2, 0.25) is 0 Å². The van der Waals surface area contributed by atoms with E-state index in [0.29, 0.717) is 24.2 Å². The normalized spacial score (nSPS) is 10.0. The van der Waals surface area contributed by atoms with Crippen LogP contribution < -0.4 is 10.6 Å². The van der Waals surface area contributed by atoms with Gasteiger partial charge in [0.05, 0.1) is 6.54 Å². The Bertz CT molecular complexity index is 824. The van der Waals surface area contributed by atoms with Gasteiger partial charge in [-0.05, 0) is 30.3 Å². The highest BCUT2D eigenvalue weighted by atomic mass is 19.1. The molecule has 0 spiro atoms. The summed E-state index contributed by atoms with van der Waals surface area (Å²) in [7, 11) is 0.